The first-order chi connectivity index (χ1) is 6.66. The third kappa shape index (κ3) is 1.91. The summed E-state index contributed by atoms with van der Waals surface area (Å²) in [4.78, 5) is 5.65. The summed E-state index contributed by atoms with van der Waals surface area (Å²) in [6, 6.07) is 0.420. The minimum absolute atomic E-state index is 0.420. The van der Waals surface area contributed by atoms with Gasteiger partial charge in [0.25, 0.3) is 0 Å². The van der Waals surface area contributed by atoms with E-state index >= 15 is 0 Å². The quantitative estimate of drug-likeness (QED) is 0.849. The molecule has 1 N–H and O–H groups in total. The van der Waals surface area contributed by atoms with Gasteiger partial charge >= 0.3 is 0 Å². The van der Waals surface area contributed by atoms with Crippen LogP contribution in [0.3, 0.4) is 0 Å². The summed E-state index contributed by atoms with van der Waals surface area (Å²) in [6.07, 6.45) is 6.28. The Bertz CT molecular complexity index is 387. The van der Waals surface area contributed by atoms with E-state index in [-0.39, 0.29) is 0 Å². The van der Waals surface area contributed by atoms with E-state index < -0.39 is 0 Å². The van der Waals surface area contributed by atoms with Gasteiger partial charge in [-0.1, -0.05) is 12.2 Å². The topological polar surface area (TPSA) is 24.9 Å². The number of hydrogen-bond acceptors (Lipinski definition) is 3. The summed E-state index contributed by atoms with van der Waals surface area (Å²) in [5, 5.41) is 4.32. The van der Waals surface area contributed by atoms with Gasteiger partial charge in [0, 0.05) is 22.7 Å². The van der Waals surface area contributed by atoms with Gasteiger partial charge in [-0.3, -0.25) is 0 Å². The molecular formula is C10H11BrN2S. The summed E-state index contributed by atoms with van der Waals surface area (Å²) >= 11 is 5.13. The molecule has 0 saturated heterocycles. The van der Waals surface area contributed by atoms with E-state index in [0.717, 1.165) is 15.2 Å². The summed E-state index contributed by atoms with van der Waals surface area (Å²) in [5.41, 5.74) is 1.15. The molecule has 2 nitrogen and oxygen atoms in total. The smallest absolute Gasteiger partial charge is 0.126 e. The highest BCUT2D eigenvalue weighted by atomic mass is 79.9. The van der Waals surface area contributed by atoms with E-state index in [9.17, 15) is 0 Å². The standard InChI is InChI=1S/C10H11BrN2S/c1-6-3-4-8(5-12-6)10-13-9(11)7(2)14-10/h3-6,12H,1-2H3. The van der Waals surface area contributed by atoms with E-state index in [1.54, 1.807) is 11.3 Å². The molecule has 0 bridgehead atoms. The molecule has 0 fully saturated rings. The number of hydrogen-bond donors (Lipinski definition) is 1. The van der Waals surface area contributed by atoms with Crippen LogP contribution in [0.5, 0.6) is 0 Å². The molecule has 2 heterocycles. The minimum Gasteiger partial charge on any atom is -0.384 e. The number of aryl methyl sites for hydroxylation is 1. The molecule has 0 aliphatic carbocycles. The lowest BCUT2D eigenvalue weighted by atomic mass is 10.1. The van der Waals surface area contributed by atoms with E-state index in [2.05, 4.69) is 52.2 Å². The number of allylic oxidation sites excluding steroid dienone is 2. The Morgan fingerprint density at radius 3 is 2.86 bits per heavy atom. The summed E-state index contributed by atoms with van der Waals surface area (Å²) in [7, 11) is 0. The van der Waals surface area contributed by atoms with Crippen LogP contribution in [0, 0.1) is 6.92 Å². The Labute approximate surface area is 95.9 Å². The number of dihydropyridines is 1. The molecule has 0 spiro atoms. The lowest BCUT2D eigenvalue weighted by Gasteiger charge is -2.12. The van der Waals surface area contributed by atoms with Gasteiger partial charge in [-0.25, -0.2) is 4.98 Å². The molecule has 14 heavy (non-hydrogen) atoms. The maximum atomic E-state index is 4.43. The van der Waals surface area contributed by atoms with Crippen LogP contribution in [-0.2, 0) is 0 Å². The van der Waals surface area contributed by atoms with E-state index in [4.69, 9.17) is 0 Å². The van der Waals surface area contributed by atoms with Crippen LogP contribution in [0.1, 0.15) is 16.8 Å². The first-order valence-corrected chi connectivity index (χ1v) is 6.05. The van der Waals surface area contributed by atoms with Crippen molar-refractivity contribution in [2.45, 2.75) is 19.9 Å². The second-order valence-corrected chi connectivity index (χ2v) is 5.23. The summed E-state index contributed by atoms with van der Waals surface area (Å²) in [5.74, 6) is 0. The van der Waals surface area contributed by atoms with Crippen molar-refractivity contribution in [2.75, 3.05) is 0 Å². The van der Waals surface area contributed by atoms with Crippen LogP contribution in [-0.4, -0.2) is 11.0 Å². The molecule has 0 saturated carbocycles. The minimum atomic E-state index is 0.420. The zero-order valence-corrected chi connectivity index (χ0v) is 10.4. The van der Waals surface area contributed by atoms with Gasteiger partial charge in [0.1, 0.15) is 9.61 Å². The van der Waals surface area contributed by atoms with Crippen LogP contribution in [0.4, 0.5) is 0 Å². The third-order valence-corrected chi connectivity index (χ3v) is 4.11. The highest BCUT2D eigenvalue weighted by Crippen LogP contribution is 2.28. The van der Waals surface area contributed by atoms with Crippen LogP contribution in [0.25, 0.3) is 5.57 Å². The van der Waals surface area contributed by atoms with Crippen LogP contribution >= 0.6 is 27.3 Å². The van der Waals surface area contributed by atoms with E-state index in [0.29, 0.717) is 6.04 Å². The van der Waals surface area contributed by atoms with Gasteiger partial charge in [-0.05, 0) is 29.8 Å². The molecule has 1 aliphatic rings. The molecule has 1 aromatic heterocycles. The molecule has 4 heteroatoms. The van der Waals surface area contributed by atoms with E-state index in [1.807, 2.05) is 6.20 Å². The molecule has 74 valence electrons. The lowest BCUT2D eigenvalue weighted by Crippen LogP contribution is -2.20. The predicted molar refractivity (Wildman–Crippen MR) is 64.3 cm³/mol. The monoisotopic (exact) mass is 270 g/mol. The molecule has 1 aliphatic heterocycles. The van der Waals surface area contributed by atoms with Crippen LogP contribution in [0.15, 0.2) is 23.0 Å². The Hall–Kier alpha value is -0.610. The highest BCUT2D eigenvalue weighted by molar-refractivity contribution is 9.10. The van der Waals surface area contributed by atoms with Crippen molar-refractivity contribution in [3.8, 4) is 0 Å². The highest BCUT2D eigenvalue weighted by Gasteiger charge is 2.10. The number of thiazole rings is 1. The molecule has 0 aromatic carbocycles. The van der Waals surface area contributed by atoms with Gasteiger partial charge in [-0.15, -0.1) is 11.3 Å². The molecule has 1 unspecified atom stereocenters. The van der Waals surface area contributed by atoms with E-state index in [1.165, 1.54) is 4.88 Å². The Kier molecular flexibility index (Phi) is 2.74. The van der Waals surface area contributed by atoms with Crippen LogP contribution in [0.2, 0.25) is 0 Å². The van der Waals surface area contributed by atoms with Gasteiger partial charge in [0.15, 0.2) is 0 Å². The van der Waals surface area contributed by atoms with Crippen molar-refractivity contribution in [1.29, 1.82) is 0 Å². The predicted octanol–water partition coefficient (Wildman–Crippen LogP) is 3.10. The Morgan fingerprint density at radius 2 is 2.36 bits per heavy atom. The number of nitrogens with zero attached hydrogens (tertiary/aromatic N) is 1. The van der Waals surface area contributed by atoms with Crippen molar-refractivity contribution < 1.29 is 0 Å². The number of aromatic nitrogens is 1. The van der Waals surface area contributed by atoms with Crippen molar-refractivity contribution in [1.82, 2.24) is 10.3 Å². The van der Waals surface area contributed by atoms with Crippen molar-refractivity contribution >= 4 is 32.8 Å². The lowest BCUT2D eigenvalue weighted by molar-refractivity contribution is 0.764. The average Bonchev–Trinajstić information content (AvgIpc) is 2.48. The van der Waals surface area contributed by atoms with Gasteiger partial charge in [0.05, 0.1) is 0 Å². The molecule has 0 radical (unpaired) electrons. The SMILES string of the molecule is Cc1sc(C2=CNC(C)C=C2)nc1Br. The summed E-state index contributed by atoms with van der Waals surface area (Å²) in [6.45, 7) is 4.18. The van der Waals surface area contributed by atoms with Crippen molar-refractivity contribution in [3.05, 3.63) is 32.8 Å². The fourth-order valence-corrected chi connectivity index (χ4v) is 2.55. The number of rotatable bonds is 1. The maximum absolute atomic E-state index is 4.43. The molecule has 0 amide bonds. The van der Waals surface area contributed by atoms with Gasteiger partial charge < -0.3 is 5.32 Å². The van der Waals surface area contributed by atoms with Crippen LogP contribution < -0.4 is 5.32 Å². The molecule has 1 aromatic rings. The van der Waals surface area contributed by atoms with Gasteiger partial charge in [0.2, 0.25) is 0 Å². The second kappa shape index (κ2) is 3.87. The van der Waals surface area contributed by atoms with Gasteiger partial charge in [-0.2, -0.15) is 0 Å². The largest absolute Gasteiger partial charge is 0.384 e. The number of nitrogens with one attached hydrogen (secondary N) is 1. The Balaban J connectivity index is 2.29. The second-order valence-electron chi connectivity index (χ2n) is 3.28. The zero-order valence-electron chi connectivity index (χ0n) is 8.04. The molecular weight excluding hydrogens is 260 g/mol. The first kappa shape index (κ1) is 9.93. The number of halogens is 1. The molecule has 1 atom stereocenters. The summed E-state index contributed by atoms with van der Waals surface area (Å²) < 4.78 is 0.949. The maximum Gasteiger partial charge on any atom is 0.126 e. The van der Waals surface area contributed by atoms with Crippen molar-refractivity contribution in [2.24, 2.45) is 0 Å². The first-order valence-electron chi connectivity index (χ1n) is 4.44. The average molecular weight is 271 g/mol. The fraction of sp³-hybridized carbons (Fsp3) is 0.300. The Morgan fingerprint density at radius 1 is 1.57 bits per heavy atom. The normalized spacial score (nSPS) is 20.5. The molecule has 2 rings (SSSR count). The third-order valence-electron chi connectivity index (χ3n) is 2.05. The van der Waals surface area contributed by atoms with Crippen molar-refractivity contribution in [3.63, 3.8) is 0 Å². The fourth-order valence-electron chi connectivity index (χ4n) is 1.21. The zero-order chi connectivity index (χ0) is 10.1.